The molecule has 1 aliphatic rings. The second-order valence-electron chi connectivity index (χ2n) is 6.05. The molecule has 6 heteroatoms. The van der Waals surface area contributed by atoms with Crippen molar-refractivity contribution in [3.63, 3.8) is 0 Å². The zero-order chi connectivity index (χ0) is 14.0. The predicted octanol–water partition coefficient (Wildman–Crippen LogP) is 2.00. The largest absolute Gasteiger partial charge is 0.304 e. The van der Waals surface area contributed by atoms with E-state index in [9.17, 15) is 0 Å². The minimum Gasteiger partial charge on any atom is -0.304 e. The molecule has 1 saturated heterocycles. The Kier molecular flexibility index (Phi) is 4.28. The van der Waals surface area contributed by atoms with Crippen LogP contribution in [0, 0.1) is 0 Å². The third kappa shape index (κ3) is 4.03. The highest BCUT2D eigenvalue weighted by molar-refractivity contribution is 6.29. The van der Waals surface area contributed by atoms with E-state index in [0.29, 0.717) is 5.15 Å². The smallest absolute Gasteiger partial charge is 0.145 e. The van der Waals surface area contributed by atoms with E-state index >= 15 is 0 Å². The van der Waals surface area contributed by atoms with E-state index in [1.807, 2.05) is 0 Å². The molecule has 1 fully saturated rings. The summed E-state index contributed by atoms with van der Waals surface area (Å²) in [6, 6.07) is 1.77. The van der Waals surface area contributed by atoms with Crippen molar-refractivity contribution in [2.24, 2.45) is 0 Å². The first-order valence-corrected chi connectivity index (χ1v) is 6.97. The minimum atomic E-state index is -0.108. The monoisotopic (exact) mass is 283 g/mol. The zero-order valence-electron chi connectivity index (χ0n) is 12.1. The number of aromatic nitrogens is 2. The molecule has 0 unspecified atom stereocenters. The molecule has 2 heterocycles. The molecule has 1 aromatic rings. The summed E-state index contributed by atoms with van der Waals surface area (Å²) in [7, 11) is 2.14. The Morgan fingerprint density at radius 1 is 1.16 bits per heavy atom. The summed E-state index contributed by atoms with van der Waals surface area (Å²) in [4.78, 5) is 11.2. The molecule has 106 valence electrons. The first-order valence-electron chi connectivity index (χ1n) is 6.60. The maximum Gasteiger partial charge on any atom is 0.145 e. The summed E-state index contributed by atoms with van der Waals surface area (Å²) in [5.74, 6) is 1.53. The fourth-order valence-electron chi connectivity index (χ4n) is 1.89. The number of halogens is 1. The van der Waals surface area contributed by atoms with Gasteiger partial charge >= 0.3 is 0 Å². The van der Waals surface area contributed by atoms with Gasteiger partial charge in [-0.3, -0.25) is 0 Å². The van der Waals surface area contributed by atoms with E-state index in [1.54, 1.807) is 6.07 Å². The average Bonchev–Trinajstić information content (AvgIpc) is 2.30. The molecule has 0 amide bonds. The van der Waals surface area contributed by atoms with Crippen molar-refractivity contribution in [1.29, 1.82) is 0 Å². The Morgan fingerprint density at radius 3 is 2.37 bits per heavy atom. The Labute approximate surface area is 119 Å². The Hall–Kier alpha value is -0.910. The van der Waals surface area contributed by atoms with Gasteiger partial charge in [0.25, 0.3) is 0 Å². The number of hydrazine groups is 1. The standard InChI is InChI=1S/C13H22ClN5/c1-13(2,3)12-15-10(14)9-11(16-12)17-19-7-5-18(4)6-8-19/h9H,5-8H2,1-4H3,(H,15,16,17). The number of nitrogens with one attached hydrogen (secondary N) is 1. The normalized spacial score (nSPS) is 18.6. The first-order chi connectivity index (χ1) is 8.84. The molecule has 1 aromatic heterocycles. The molecule has 0 saturated carbocycles. The van der Waals surface area contributed by atoms with Gasteiger partial charge in [-0.15, -0.1) is 0 Å². The van der Waals surface area contributed by atoms with E-state index < -0.39 is 0 Å². The number of rotatable bonds is 2. The molecule has 1 aliphatic heterocycles. The van der Waals surface area contributed by atoms with Crippen LogP contribution in [0.4, 0.5) is 5.82 Å². The van der Waals surface area contributed by atoms with Gasteiger partial charge in [-0.2, -0.15) is 0 Å². The van der Waals surface area contributed by atoms with Gasteiger partial charge in [-0.1, -0.05) is 32.4 Å². The number of hydrogen-bond donors (Lipinski definition) is 1. The summed E-state index contributed by atoms with van der Waals surface area (Å²) in [5, 5.41) is 2.65. The van der Waals surface area contributed by atoms with Crippen LogP contribution < -0.4 is 5.43 Å². The lowest BCUT2D eigenvalue weighted by Crippen LogP contribution is -2.47. The van der Waals surface area contributed by atoms with Crippen LogP contribution in [0.5, 0.6) is 0 Å². The summed E-state index contributed by atoms with van der Waals surface area (Å²) in [5.41, 5.74) is 3.22. The van der Waals surface area contributed by atoms with Crippen molar-refractivity contribution >= 4 is 17.4 Å². The SMILES string of the molecule is CN1CCN(Nc2cc(Cl)nc(C(C)(C)C)n2)CC1. The molecular formula is C13H22ClN5. The molecule has 19 heavy (non-hydrogen) atoms. The van der Waals surface area contributed by atoms with Crippen LogP contribution in [0.1, 0.15) is 26.6 Å². The van der Waals surface area contributed by atoms with Crippen LogP contribution in [0.3, 0.4) is 0 Å². The van der Waals surface area contributed by atoms with Gasteiger partial charge in [-0.05, 0) is 7.05 Å². The molecule has 0 spiro atoms. The van der Waals surface area contributed by atoms with Gasteiger partial charge in [0.05, 0.1) is 0 Å². The van der Waals surface area contributed by atoms with Crippen LogP contribution in [0.15, 0.2) is 6.07 Å². The van der Waals surface area contributed by atoms with Crippen molar-refractivity contribution in [3.8, 4) is 0 Å². The lowest BCUT2D eigenvalue weighted by atomic mass is 9.96. The van der Waals surface area contributed by atoms with Gasteiger partial charge in [0.1, 0.15) is 16.8 Å². The highest BCUT2D eigenvalue weighted by Crippen LogP contribution is 2.22. The van der Waals surface area contributed by atoms with Crippen LogP contribution in [0.2, 0.25) is 5.15 Å². The number of anilines is 1. The summed E-state index contributed by atoms with van der Waals surface area (Å²) in [6.45, 7) is 10.3. The molecule has 0 radical (unpaired) electrons. The van der Waals surface area contributed by atoms with Crippen LogP contribution in [0.25, 0.3) is 0 Å². The average molecular weight is 284 g/mol. The lowest BCUT2D eigenvalue weighted by molar-refractivity contribution is 0.178. The molecule has 1 N–H and O–H groups in total. The van der Waals surface area contributed by atoms with E-state index in [1.165, 1.54) is 0 Å². The van der Waals surface area contributed by atoms with Gasteiger partial charge in [0, 0.05) is 37.7 Å². The van der Waals surface area contributed by atoms with Crippen LogP contribution >= 0.6 is 11.6 Å². The van der Waals surface area contributed by atoms with E-state index in [4.69, 9.17) is 11.6 Å². The Morgan fingerprint density at radius 2 is 1.79 bits per heavy atom. The quantitative estimate of drug-likeness (QED) is 0.841. The van der Waals surface area contributed by atoms with E-state index in [-0.39, 0.29) is 5.41 Å². The molecule has 2 rings (SSSR count). The van der Waals surface area contributed by atoms with E-state index in [2.05, 4.69) is 53.1 Å². The van der Waals surface area contributed by atoms with Gasteiger partial charge in [0.15, 0.2) is 0 Å². The minimum absolute atomic E-state index is 0.108. The summed E-state index contributed by atoms with van der Waals surface area (Å²) < 4.78 is 0. The molecule has 0 aliphatic carbocycles. The highest BCUT2D eigenvalue weighted by Gasteiger charge is 2.20. The number of nitrogens with zero attached hydrogens (tertiary/aromatic N) is 4. The van der Waals surface area contributed by atoms with Gasteiger partial charge < -0.3 is 10.3 Å². The van der Waals surface area contributed by atoms with Crippen LogP contribution in [-0.4, -0.2) is 53.1 Å². The van der Waals surface area contributed by atoms with Gasteiger partial charge in [0.2, 0.25) is 0 Å². The van der Waals surface area contributed by atoms with E-state index in [0.717, 1.165) is 37.8 Å². The topological polar surface area (TPSA) is 44.3 Å². The third-order valence-electron chi connectivity index (χ3n) is 3.14. The highest BCUT2D eigenvalue weighted by atomic mass is 35.5. The zero-order valence-corrected chi connectivity index (χ0v) is 12.8. The molecule has 0 bridgehead atoms. The number of piperazine rings is 1. The molecule has 0 atom stereocenters. The second-order valence-corrected chi connectivity index (χ2v) is 6.44. The maximum atomic E-state index is 6.08. The lowest BCUT2D eigenvalue weighted by Gasteiger charge is -2.32. The van der Waals surface area contributed by atoms with Gasteiger partial charge in [-0.25, -0.2) is 15.0 Å². The van der Waals surface area contributed by atoms with Crippen LogP contribution in [-0.2, 0) is 5.41 Å². The fraction of sp³-hybridized carbons (Fsp3) is 0.692. The molecule has 5 nitrogen and oxygen atoms in total. The van der Waals surface area contributed by atoms with Crippen molar-refractivity contribution in [2.45, 2.75) is 26.2 Å². The Balaban J connectivity index is 2.10. The predicted molar refractivity (Wildman–Crippen MR) is 78.4 cm³/mol. The maximum absolute atomic E-state index is 6.08. The Bertz CT molecular complexity index is 435. The summed E-state index contributed by atoms with van der Waals surface area (Å²) in [6.07, 6.45) is 0. The van der Waals surface area contributed by atoms with Crippen molar-refractivity contribution in [1.82, 2.24) is 19.9 Å². The van der Waals surface area contributed by atoms with Crippen molar-refractivity contribution in [3.05, 3.63) is 17.0 Å². The molecular weight excluding hydrogens is 262 g/mol. The third-order valence-corrected chi connectivity index (χ3v) is 3.34. The summed E-state index contributed by atoms with van der Waals surface area (Å²) >= 11 is 6.08. The first kappa shape index (κ1) is 14.5. The number of likely N-dealkylation sites (N-methyl/N-ethyl adjacent to an activating group) is 1. The second kappa shape index (κ2) is 5.61. The van der Waals surface area contributed by atoms with Crippen molar-refractivity contribution < 1.29 is 0 Å². The molecule has 0 aromatic carbocycles. The fourth-order valence-corrected chi connectivity index (χ4v) is 2.07. The number of hydrogen-bond acceptors (Lipinski definition) is 5. The van der Waals surface area contributed by atoms with Crippen molar-refractivity contribution in [2.75, 3.05) is 38.7 Å².